The number of hydrogen-bond donors (Lipinski definition) is 0. The second-order valence-electron chi connectivity index (χ2n) is 6.88. The number of ether oxygens (including phenoxy) is 1. The summed E-state index contributed by atoms with van der Waals surface area (Å²) in [6, 6.07) is 10.5. The highest BCUT2D eigenvalue weighted by Crippen LogP contribution is 2.31. The van der Waals surface area contributed by atoms with E-state index >= 15 is 0 Å². The number of nitrogens with zero attached hydrogens (tertiary/aromatic N) is 3. The Morgan fingerprint density at radius 3 is 2.83 bits per heavy atom. The van der Waals surface area contributed by atoms with E-state index < -0.39 is 11.6 Å². The maximum absolute atomic E-state index is 13.5. The lowest BCUT2D eigenvalue weighted by molar-refractivity contribution is 0.0703. The van der Waals surface area contributed by atoms with Gasteiger partial charge in [-0.3, -0.25) is 4.79 Å². The Morgan fingerprint density at radius 1 is 1.21 bits per heavy atom. The first-order valence-corrected chi connectivity index (χ1v) is 9.28. The zero-order valence-electron chi connectivity index (χ0n) is 15.8. The van der Waals surface area contributed by atoms with E-state index in [1.165, 1.54) is 6.07 Å². The highest BCUT2D eigenvalue weighted by molar-refractivity contribution is 5.94. The summed E-state index contributed by atoms with van der Waals surface area (Å²) in [5, 5.41) is 4.09. The summed E-state index contributed by atoms with van der Waals surface area (Å²) < 4.78 is 37.4. The summed E-state index contributed by atoms with van der Waals surface area (Å²) in [7, 11) is 1.57. The summed E-state index contributed by atoms with van der Waals surface area (Å²) >= 11 is 0. The van der Waals surface area contributed by atoms with E-state index in [0.29, 0.717) is 36.1 Å². The largest absolute Gasteiger partial charge is 0.496 e. The van der Waals surface area contributed by atoms with Crippen molar-refractivity contribution in [2.75, 3.05) is 20.2 Å². The van der Waals surface area contributed by atoms with Crippen molar-refractivity contribution in [3.05, 3.63) is 65.5 Å². The molecule has 1 amide bonds. The molecule has 0 aliphatic carbocycles. The molecule has 1 atom stereocenters. The van der Waals surface area contributed by atoms with E-state index in [1.54, 1.807) is 12.0 Å². The molecule has 6 nitrogen and oxygen atoms in total. The molecule has 150 valence electrons. The van der Waals surface area contributed by atoms with Crippen LogP contribution >= 0.6 is 0 Å². The van der Waals surface area contributed by atoms with Gasteiger partial charge in [0.25, 0.3) is 11.8 Å². The molecule has 0 spiro atoms. The number of carbonyl (C=O) groups excluding carboxylic acids is 1. The Balaban J connectivity index is 1.52. The minimum atomic E-state index is -1.04. The second-order valence-corrected chi connectivity index (χ2v) is 6.88. The molecule has 1 saturated heterocycles. The van der Waals surface area contributed by atoms with Crippen molar-refractivity contribution < 1.29 is 22.8 Å². The van der Waals surface area contributed by atoms with E-state index in [0.717, 1.165) is 25.0 Å². The number of aromatic nitrogens is 2. The minimum absolute atomic E-state index is 0.106. The molecule has 1 aromatic heterocycles. The van der Waals surface area contributed by atoms with Crippen molar-refractivity contribution in [1.29, 1.82) is 0 Å². The van der Waals surface area contributed by atoms with Crippen LogP contribution in [0.15, 0.2) is 47.0 Å². The number of carbonyl (C=O) groups is 1. The molecule has 1 aliphatic heterocycles. The lowest BCUT2D eigenvalue weighted by Gasteiger charge is -2.31. The lowest BCUT2D eigenvalue weighted by atomic mass is 9.96. The monoisotopic (exact) mass is 399 g/mol. The number of likely N-dealkylation sites (tertiary alicyclic amines) is 1. The second kappa shape index (κ2) is 7.98. The van der Waals surface area contributed by atoms with Gasteiger partial charge in [0.1, 0.15) is 5.75 Å². The van der Waals surface area contributed by atoms with Crippen LogP contribution in [0.25, 0.3) is 11.5 Å². The maximum atomic E-state index is 13.5. The van der Waals surface area contributed by atoms with Gasteiger partial charge in [0.15, 0.2) is 17.5 Å². The maximum Gasteiger partial charge on any atom is 0.261 e. The molecule has 2 aromatic carbocycles. The van der Waals surface area contributed by atoms with Crippen LogP contribution < -0.4 is 4.74 Å². The van der Waals surface area contributed by atoms with E-state index in [1.807, 2.05) is 24.3 Å². The first-order chi connectivity index (χ1) is 14.1. The van der Waals surface area contributed by atoms with Crippen molar-refractivity contribution in [3.63, 3.8) is 0 Å². The predicted octanol–water partition coefficient (Wildman–Crippen LogP) is 4.04. The van der Waals surface area contributed by atoms with Gasteiger partial charge in [-0.1, -0.05) is 17.3 Å². The molecule has 1 aliphatic rings. The highest BCUT2D eigenvalue weighted by atomic mass is 19.2. The predicted molar refractivity (Wildman–Crippen MR) is 101 cm³/mol. The molecule has 0 saturated carbocycles. The van der Waals surface area contributed by atoms with Crippen molar-refractivity contribution in [1.82, 2.24) is 15.0 Å². The Kier molecular flexibility index (Phi) is 5.24. The topological polar surface area (TPSA) is 68.5 Å². The van der Waals surface area contributed by atoms with Gasteiger partial charge < -0.3 is 14.2 Å². The fourth-order valence-electron chi connectivity index (χ4n) is 3.52. The first-order valence-electron chi connectivity index (χ1n) is 9.28. The van der Waals surface area contributed by atoms with Crippen molar-refractivity contribution in [2.24, 2.45) is 0 Å². The number of halogens is 2. The highest BCUT2D eigenvalue weighted by Gasteiger charge is 2.29. The van der Waals surface area contributed by atoms with Crippen LogP contribution in [-0.4, -0.2) is 41.1 Å². The molecule has 0 unspecified atom stereocenters. The summed E-state index contributed by atoms with van der Waals surface area (Å²) in [6.45, 7) is 0.911. The molecule has 29 heavy (non-hydrogen) atoms. The van der Waals surface area contributed by atoms with Gasteiger partial charge in [-0.2, -0.15) is 4.98 Å². The molecule has 4 rings (SSSR count). The van der Waals surface area contributed by atoms with E-state index in [-0.39, 0.29) is 17.4 Å². The smallest absolute Gasteiger partial charge is 0.261 e. The van der Waals surface area contributed by atoms with Crippen LogP contribution in [0.1, 0.15) is 34.9 Å². The van der Waals surface area contributed by atoms with Gasteiger partial charge in [0, 0.05) is 24.6 Å². The first kappa shape index (κ1) is 19.0. The number of amides is 1. The fraction of sp³-hybridized carbons (Fsp3) is 0.286. The third-order valence-electron chi connectivity index (χ3n) is 5.02. The number of hydrogen-bond acceptors (Lipinski definition) is 5. The average molecular weight is 399 g/mol. The molecule has 1 fully saturated rings. The van der Waals surface area contributed by atoms with Gasteiger partial charge in [-0.15, -0.1) is 0 Å². The normalized spacial score (nSPS) is 16.7. The quantitative estimate of drug-likeness (QED) is 0.662. The molecule has 2 heterocycles. The third-order valence-corrected chi connectivity index (χ3v) is 5.02. The third kappa shape index (κ3) is 3.83. The van der Waals surface area contributed by atoms with Crippen LogP contribution in [0.3, 0.4) is 0 Å². The molecule has 0 radical (unpaired) electrons. The fourth-order valence-corrected chi connectivity index (χ4v) is 3.52. The minimum Gasteiger partial charge on any atom is -0.496 e. The molecule has 8 heteroatoms. The van der Waals surface area contributed by atoms with Gasteiger partial charge in [-0.05, 0) is 43.2 Å². The van der Waals surface area contributed by atoms with E-state index in [9.17, 15) is 13.6 Å². The Bertz CT molecular complexity index is 1040. The number of methoxy groups -OCH3 is 1. The number of rotatable bonds is 4. The van der Waals surface area contributed by atoms with Crippen LogP contribution in [0.5, 0.6) is 5.75 Å². The van der Waals surface area contributed by atoms with Gasteiger partial charge in [0.2, 0.25) is 0 Å². The van der Waals surface area contributed by atoms with Crippen LogP contribution in [0.4, 0.5) is 8.78 Å². The molecule has 0 N–H and O–H groups in total. The van der Waals surface area contributed by atoms with Crippen molar-refractivity contribution in [2.45, 2.75) is 18.8 Å². The zero-order chi connectivity index (χ0) is 20.4. The Hall–Kier alpha value is -3.29. The summed E-state index contributed by atoms with van der Waals surface area (Å²) in [6.07, 6.45) is 1.55. The van der Waals surface area contributed by atoms with Gasteiger partial charge >= 0.3 is 0 Å². The van der Waals surface area contributed by atoms with Crippen LogP contribution in [0, 0.1) is 11.6 Å². The summed E-state index contributed by atoms with van der Waals surface area (Å²) in [4.78, 5) is 18.8. The molecule has 0 bridgehead atoms. The summed E-state index contributed by atoms with van der Waals surface area (Å²) in [5.41, 5.74) is 0.812. The van der Waals surface area contributed by atoms with Crippen molar-refractivity contribution >= 4 is 5.91 Å². The van der Waals surface area contributed by atoms with Crippen molar-refractivity contribution in [3.8, 4) is 17.2 Å². The van der Waals surface area contributed by atoms with Gasteiger partial charge in [0.05, 0.1) is 12.7 Å². The number of piperidine rings is 1. The zero-order valence-corrected chi connectivity index (χ0v) is 15.8. The van der Waals surface area contributed by atoms with Crippen LogP contribution in [-0.2, 0) is 0 Å². The Labute approximate surface area is 166 Å². The lowest BCUT2D eigenvalue weighted by Crippen LogP contribution is -2.39. The SMILES string of the molecule is COc1ccccc1-c1nc([C@@H]2CCCN(C(=O)c3ccc(F)c(F)c3)C2)no1. The van der Waals surface area contributed by atoms with Crippen LogP contribution in [0.2, 0.25) is 0 Å². The Morgan fingerprint density at radius 2 is 2.03 bits per heavy atom. The average Bonchev–Trinajstić information content (AvgIpc) is 3.25. The molecule has 3 aromatic rings. The standard InChI is InChI=1S/C21H19F2N3O3/c1-28-18-7-3-2-6-15(18)20-24-19(25-29-20)14-5-4-10-26(12-14)21(27)13-8-9-16(22)17(23)11-13/h2-3,6-9,11,14H,4-5,10,12H2,1H3/t14-/m1/s1. The van der Waals surface area contributed by atoms with E-state index in [4.69, 9.17) is 9.26 Å². The van der Waals surface area contributed by atoms with Gasteiger partial charge in [-0.25, -0.2) is 8.78 Å². The molecular weight excluding hydrogens is 380 g/mol. The number of para-hydroxylation sites is 1. The van der Waals surface area contributed by atoms with E-state index in [2.05, 4.69) is 10.1 Å². The molecular formula is C21H19F2N3O3. The number of benzene rings is 2. The summed E-state index contributed by atoms with van der Waals surface area (Å²) in [5.74, 6) is -0.985.